The fourth-order valence-corrected chi connectivity index (χ4v) is 1.95. The van der Waals surface area contributed by atoms with Gasteiger partial charge in [-0.3, -0.25) is 4.79 Å². The summed E-state index contributed by atoms with van der Waals surface area (Å²) in [4.78, 5) is 22.9. The lowest BCUT2D eigenvalue weighted by molar-refractivity contribution is 0.0694. The summed E-state index contributed by atoms with van der Waals surface area (Å²) in [7, 11) is 0. The highest BCUT2D eigenvalue weighted by molar-refractivity contribution is 5.90. The van der Waals surface area contributed by atoms with E-state index >= 15 is 0 Å². The van der Waals surface area contributed by atoms with Crippen molar-refractivity contribution in [2.45, 2.75) is 40.2 Å². The van der Waals surface area contributed by atoms with Crippen molar-refractivity contribution in [3.05, 3.63) is 33.2 Å². The normalized spacial score (nSPS) is 12.5. The Bertz CT molecular complexity index is 474. The molecule has 16 heavy (non-hydrogen) atoms. The average Bonchev–Trinajstić information content (AvgIpc) is 2.15. The molecule has 0 aliphatic rings. The highest BCUT2D eigenvalue weighted by Gasteiger charge is 2.17. The number of aromatic nitrogens is 1. The van der Waals surface area contributed by atoms with Crippen molar-refractivity contribution in [3.8, 4) is 0 Å². The number of carboxylic acid groups (broad SMARTS) is 1. The fourth-order valence-electron chi connectivity index (χ4n) is 1.95. The Kier molecular flexibility index (Phi) is 3.52. The van der Waals surface area contributed by atoms with E-state index in [0.29, 0.717) is 11.3 Å². The zero-order chi connectivity index (χ0) is 12.5. The van der Waals surface area contributed by atoms with Crippen LogP contribution in [0.25, 0.3) is 0 Å². The van der Waals surface area contributed by atoms with Crippen LogP contribution in [-0.4, -0.2) is 15.6 Å². The lowest BCUT2D eigenvalue weighted by Crippen LogP contribution is -2.27. The van der Waals surface area contributed by atoms with Gasteiger partial charge in [0.1, 0.15) is 0 Å². The molecule has 1 atom stereocenters. The van der Waals surface area contributed by atoms with Gasteiger partial charge in [-0.05, 0) is 32.8 Å². The number of aryl methyl sites for hydroxylation is 1. The molecule has 0 spiro atoms. The van der Waals surface area contributed by atoms with Gasteiger partial charge >= 0.3 is 5.97 Å². The Balaban J connectivity index is 3.58. The number of hydrogen-bond acceptors (Lipinski definition) is 2. The monoisotopic (exact) mass is 223 g/mol. The third-order valence-electron chi connectivity index (χ3n) is 2.94. The number of pyridine rings is 1. The molecule has 0 aliphatic heterocycles. The Morgan fingerprint density at radius 1 is 1.50 bits per heavy atom. The van der Waals surface area contributed by atoms with Crippen molar-refractivity contribution in [1.29, 1.82) is 0 Å². The number of carboxylic acids is 1. The summed E-state index contributed by atoms with van der Waals surface area (Å²) in [5, 5.41) is 9.10. The number of hydrogen-bond donors (Lipinski definition) is 1. The lowest BCUT2D eigenvalue weighted by atomic mass is 10.1. The van der Waals surface area contributed by atoms with Crippen LogP contribution in [-0.2, 0) is 0 Å². The van der Waals surface area contributed by atoms with Gasteiger partial charge in [0.2, 0.25) is 0 Å². The van der Waals surface area contributed by atoms with E-state index in [4.69, 9.17) is 5.11 Å². The summed E-state index contributed by atoms with van der Waals surface area (Å²) in [5.74, 6) is -0.980. The predicted octanol–water partition coefficient (Wildman–Crippen LogP) is 2.13. The lowest BCUT2D eigenvalue weighted by Gasteiger charge is -2.19. The average molecular weight is 223 g/mol. The van der Waals surface area contributed by atoms with Gasteiger partial charge in [-0.15, -0.1) is 0 Å². The summed E-state index contributed by atoms with van der Waals surface area (Å²) < 4.78 is 1.55. The zero-order valence-corrected chi connectivity index (χ0v) is 10.1. The van der Waals surface area contributed by atoms with Crippen LogP contribution < -0.4 is 5.56 Å². The van der Waals surface area contributed by atoms with Crippen molar-refractivity contribution in [3.63, 3.8) is 0 Å². The van der Waals surface area contributed by atoms with Crippen molar-refractivity contribution in [2.75, 3.05) is 0 Å². The molecule has 0 fully saturated rings. The predicted molar refractivity (Wildman–Crippen MR) is 62.1 cm³/mol. The Morgan fingerprint density at radius 3 is 2.50 bits per heavy atom. The zero-order valence-electron chi connectivity index (χ0n) is 10.1. The topological polar surface area (TPSA) is 59.3 Å². The summed E-state index contributed by atoms with van der Waals surface area (Å²) in [6, 6.07) is 1.41. The molecular formula is C12H17NO3. The van der Waals surface area contributed by atoms with Crippen LogP contribution in [0, 0.1) is 13.8 Å². The molecule has 4 nitrogen and oxygen atoms in total. The van der Waals surface area contributed by atoms with Gasteiger partial charge in [0.25, 0.3) is 5.56 Å². The van der Waals surface area contributed by atoms with Gasteiger partial charge < -0.3 is 9.67 Å². The molecule has 0 bridgehead atoms. The number of carbonyl (C=O) groups is 1. The van der Waals surface area contributed by atoms with Crippen LogP contribution >= 0.6 is 0 Å². The second-order valence-electron chi connectivity index (χ2n) is 4.06. The first-order valence-electron chi connectivity index (χ1n) is 5.36. The quantitative estimate of drug-likeness (QED) is 0.854. The Hall–Kier alpha value is -1.58. The van der Waals surface area contributed by atoms with Gasteiger partial charge in [-0.25, -0.2) is 4.79 Å². The molecule has 0 amide bonds. The highest BCUT2D eigenvalue weighted by Crippen LogP contribution is 2.16. The van der Waals surface area contributed by atoms with Crippen LogP contribution in [0.15, 0.2) is 10.9 Å². The number of rotatable bonds is 3. The van der Waals surface area contributed by atoms with Crippen molar-refractivity contribution < 1.29 is 9.90 Å². The largest absolute Gasteiger partial charge is 0.478 e. The molecule has 1 aromatic heterocycles. The van der Waals surface area contributed by atoms with Crippen molar-refractivity contribution >= 4 is 5.97 Å². The van der Waals surface area contributed by atoms with E-state index in [2.05, 4.69) is 0 Å². The van der Waals surface area contributed by atoms with Crippen molar-refractivity contribution in [2.24, 2.45) is 0 Å². The molecule has 0 aromatic carbocycles. The first-order valence-corrected chi connectivity index (χ1v) is 5.36. The van der Waals surface area contributed by atoms with E-state index in [9.17, 15) is 9.59 Å². The van der Waals surface area contributed by atoms with E-state index in [0.717, 1.165) is 6.42 Å². The molecule has 0 saturated heterocycles. The van der Waals surface area contributed by atoms with Crippen molar-refractivity contribution in [1.82, 2.24) is 4.57 Å². The van der Waals surface area contributed by atoms with Crippen LogP contribution in [0.1, 0.15) is 47.9 Å². The second-order valence-corrected chi connectivity index (χ2v) is 4.06. The maximum absolute atomic E-state index is 11.8. The number of nitrogens with zero attached hydrogens (tertiary/aromatic N) is 1. The third kappa shape index (κ3) is 2.01. The molecule has 0 saturated carbocycles. The van der Waals surface area contributed by atoms with Gasteiger partial charge in [-0.2, -0.15) is 0 Å². The van der Waals surface area contributed by atoms with Crippen LogP contribution in [0.2, 0.25) is 0 Å². The first kappa shape index (κ1) is 12.5. The van der Waals surface area contributed by atoms with E-state index in [1.807, 2.05) is 13.8 Å². The summed E-state index contributed by atoms with van der Waals surface area (Å²) >= 11 is 0. The molecule has 1 rings (SSSR count). The third-order valence-corrected chi connectivity index (χ3v) is 2.94. The van der Waals surface area contributed by atoms with E-state index in [1.165, 1.54) is 6.07 Å². The minimum Gasteiger partial charge on any atom is -0.478 e. The van der Waals surface area contributed by atoms with Gasteiger partial charge in [-0.1, -0.05) is 6.92 Å². The molecule has 4 heteroatoms. The number of aromatic carboxylic acids is 1. The molecule has 1 N–H and O–H groups in total. The maximum atomic E-state index is 11.8. The van der Waals surface area contributed by atoms with Crippen LogP contribution in [0.3, 0.4) is 0 Å². The molecule has 88 valence electrons. The standard InChI is InChI=1S/C12H17NO3/c1-5-8(3)13-9(4)11(12(15)16)7(2)6-10(13)14/h6,8H,5H2,1-4H3,(H,15,16). The summed E-state index contributed by atoms with van der Waals surface area (Å²) in [6.45, 7) is 7.22. The molecule has 1 aromatic rings. The highest BCUT2D eigenvalue weighted by atomic mass is 16.4. The van der Waals surface area contributed by atoms with E-state index < -0.39 is 5.97 Å². The maximum Gasteiger partial charge on any atom is 0.337 e. The van der Waals surface area contributed by atoms with Crippen LogP contribution in [0.5, 0.6) is 0 Å². The van der Waals surface area contributed by atoms with Gasteiger partial charge in [0, 0.05) is 17.8 Å². The minimum atomic E-state index is -0.980. The molecule has 0 radical (unpaired) electrons. The summed E-state index contributed by atoms with van der Waals surface area (Å²) in [6.07, 6.45) is 0.795. The summed E-state index contributed by atoms with van der Waals surface area (Å²) in [5.41, 5.74) is 1.16. The van der Waals surface area contributed by atoms with Gasteiger partial charge in [0.15, 0.2) is 0 Å². The molecule has 1 unspecified atom stereocenters. The van der Waals surface area contributed by atoms with Crippen LogP contribution in [0.4, 0.5) is 0 Å². The van der Waals surface area contributed by atoms with Gasteiger partial charge in [0.05, 0.1) is 5.56 Å². The van der Waals surface area contributed by atoms with E-state index in [-0.39, 0.29) is 17.2 Å². The SMILES string of the molecule is CCC(C)n1c(C)c(C(=O)O)c(C)cc1=O. The molecule has 0 aliphatic carbocycles. The first-order chi connectivity index (χ1) is 7.40. The minimum absolute atomic E-state index is 0.0196. The fraction of sp³-hybridized carbons (Fsp3) is 0.500. The Morgan fingerprint density at radius 2 is 2.06 bits per heavy atom. The molecular weight excluding hydrogens is 206 g/mol. The van der Waals surface area contributed by atoms with E-state index in [1.54, 1.807) is 18.4 Å². The second kappa shape index (κ2) is 4.51. The Labute approximate surface area is 94.5 Å². The molecule has 1 heterocycles. The smallest absolute Gasteiger partial charge is 0.337 e.